The maximum atomic E-state index is 13.0. The third kappa shape index (κ3) is 3.38. The zero-order valence-corrected chi connectivity index (χ0v) is 16.7. The first-order valence-corrected chi connectivity index (χ1v) is 10.1. The zero-order valence-electron chi connectivity index (χ0n) is 16.7. The van der Waals surface area contributed by atoms with Crippen molar-refractivity contribution in [3.05, 3.63) is 89.1 Å². The van der Waals surface area contributed by atoms with Crippen LogP contribution < -0.4 is 4.74 Å². The molecule has 0 spiro atoms. The van der Waals surface area contributed by atoms with E-state index in [9.17, 15) is 14.7 Å². The number of hydrogen-bond acceptors (Lipinski definition) is 6. The Hall–Kier alpha value is -3.87. The van der Waals surface area contributed by atoms with E-state index >= 15 is 0 Å². The number of Topliss-reactive ketones (excluding diaryl/α,β-unsaturated/α-hetero) is 1. The van der Waals surface area contributed by atoms with Crippen molar-refractivity contribution in [3.8, 4) is 5.75 Å². The van der Waals surface area contributed by atoms with E-state index in [1.54, 1.807) is 48.7 Å². The van der Waals surface area contributed by atoms with Crippen LogP contribution in [0.1, 0.15) is 35.0 Å². The number of nitrogens with zero attached hydrogens (tertiary/aromatic N) is 2. The highest BCUT2D eigenvalue weighted by atomic mass is 16.5. The third-order valence-corrected chi connectivity index (χ3v) is 5.60. The topological polar surface area (TPSA) is 92.9 Å². The second-order valence-electron chi connectivity index (χ2n) is 7.54. The molecule has 2 aliphatic rings. The molecule has 7 heteroatoms. The van der Waals surface area contributed by atoms with Crippen LogP contribution in [-0.2, 0) is 22.6 Å². The van der Waals surface area contributed by atoms with Crippen LogP contribution in [-0.4, -0.2) is 33.3 Å². The van der Waals surface area contributed by atoms with Gasteiger partial charge in [-0.3, -0.25) is 14.6 Å². The smallest absolute Gasteiger partial charge is 0.296 e. The molecule has 1 unspecified atom stereocenters. The lowest BCUT2D eigenvalue weighted by molar-refractivity contribution is -0.140. The van der Waals surface area contributed by atoms with Gasteiger partial charge in [-0.25, -0.2) is 0 Å². The van der Waals surface area contributed by atoms with Crippen molar-refractivity contribution < 1.29 is 23.8 Å². The molecule has 3 aromatic rings. The maximum absolute atomic E-state index is 13.0. The minimum absolute atomic E-state index is 0.0203. The lowest BCUT2D eigenvalue weighted by Gasteiger charge is -2.23. The quantitative estimate of drug-likeness (QED) is 0.397. The zero-order chi connectivity index (χ0) is 21.4. The van der Waals surface area contributed by atoms with Crippen molar-refractivity contribution in [2.75, 3.05) is 6.61 Å². The maximum Gasteiger partial charge on any atom is 0.296 e. The lowest BCUT2D eigenvalue weighted by Crippen LogP contribution is -2.29. The summed E-state index contributed by atoms with van der Waals surface area (Å²) in [7, 11) is 0. The van der Waals surface area contributed by atoms with E-state index in [4.69, 9.17) is 9.15 Å². The molecule has 1 aromatic carbocycles. The minimum Gasteiger partial charge on any atom is -0.507 e. The van der Waals surface area contributed by atoms with Gasteiger partial charge in [-0.15, -0.1) is 0 Å². The van der Waals surface area contributed by atoms with Crippen molar-refractivity contribution >= 4 is 17.4 Å². The van der Waals surface area contributed by atoms with Gasteiger partial charge >= 0.3 is 0 Å². The van der Waals surface area contributed by atoms with Gasteiger partial charge in [0.05, 0.1) is 30.7 Å². The van der Waals surface area contributed by atoms with Crippen LogP contribution in [0.3, 0.4) is 0 Å². The summed E-state index contributed by atoms with van der Waals surface area (Å²) < 4.78 is 11.0. The Morgan fingerprint density at radius 1 is 1.16 bits per heavy atom. The predicted octanol–water partition coefficient (Wildman–Crippen LogP) is 3.62. The summed E-state index contributed by atoms with van der Waals surface area (Å²) in [6.45, 7) is 0.753. The molecule has 1 fully saturated rings. The molecule has 31 heavy (non-hydrogen) atoms. The van der Waals surface area contributed by atoms with Crippen LogP contribution in [0.2, 0.25) is 0 Å². The number of hydrogen-bond donors (Lipinski definition) is 1. The Bertz CT molecular complexity index is 1170. The van der Waals surface area contributed by atoms with E-state index in [2.05, 4.69) is 4.98 Å². The SMILES string of the molecule is O=C1C(=O)N(Cc2ccco2)C(c2ccccn2)/C1=C(/O)c1ccc2c(c1)CCCO2. The van der Waals surface area contributed by atoms with Crippen LogP contribution in [0.15, 0.2) is 71.0 Å². The van der Waals surface area contributed by atoms with E-state index in [0.29, 0.717) is 23.6 Å². The number of aromatic nitrogens is 1. The standard InChI is InChI=1S/C24H20N2O5/c27-22(16-8-9-19-15(13-16)5-3-12-31-19)20-21(18-7-1-2-10-25-18)26(24(29)23(20)28)14-17-6-4-11-30-17/h1-2,4,6-11,13,21,27H,3,5,12,14H2/b22-20-. The van der Waals surface area contributed by atoms with E-state index in [-0.39, 0.29) is 17.9 Å². The number of amides is 1. The molecule has 2 aliphatic heterocycles. The van der Waals surface area contributed by atoms with Crippen molar-refractivity contribution in [2.24, 2.45) is 0 Å². The van der Waals surface area contributed by atoms with Gasteiger partial charge in [0.2, 0.25) is 0 Å². The van der Waals surface area contributed by atoms with E-state index in [1.807, 2.05) is 6.07 Å². The molecule has 7 nitrogen and oxygen atoms in total. The molecule has 0 saturated carbocycles. The molecule has 0 radical (unpaired) electrons. The third-order valence-electron chi connectivity index (χ3n) is 5.60. The number of carbonyl (C=O) groups is 2. The molecule has 1 saturated heterocycles. The molecule has 0 aliphatic carbocycles. The first kappa shape index (κ1) is 19.1. The van der Waals surface area contributed by atoms with Gasteiger partial charge < -0.3 is 19.2 Å². The lowest BCUT2D eigenvalue weighted by atomic mass is 9.96. The molecule has 1 amide bonds. The van der Waals surface area contributed by atoms with Crippen molar-refractivity contribution in [3.63, 3.8) is 0 Å². The fraction of sp³-hybridized carbons (Fsp3) is 0.208. The fourth-order valence-corrected chi connectivity index (χ4v) is 4.12. The highest BCUT2D eigenvalue weighted by Crippen LogP contribution is 2.40. The number of aryl methyl sites for hydroxylation is 1. The highest BCUT2D eigenvalue weighted by molar-refractivity contribution is 6.46. The summed E-state index contributed by atoms with van der Waals surface area (Å²) in [5.41, 5.74) is 1.96. The number of furan rings is 1. The number of fused-ring (bicyclic) bond motifs is 1. The van der Waals surface area contributed by atoms with Crippen molar-refractivity contribution in [1.29, 1.82) is 0 Å². The molecular weight excluding hydrogens is 396 g/mol. The number of ketones is 1. The van der Waals surface area contributed by atoms with Crippen molar-refractivity contribution in [2.45, 2.75) is 25.4 Å². The van der Waals surface area contributed by atoms with Gasteiger partial charge in [-0.1, -0.05) is 6.07 Å². The Kier molecular flexibility index (Phi) is 4.78. The summed E-state index contributed by atoms with van der Waals surface area (Å²) in [4.78, 5) is 31.7. The summed E-state index contributed by atoms with van der Waals surface area (Å²) in [5, 5.41) is 11.2. The predicted molar refractivity (Wildman–Crippen MR) is 111 cm³/mol. The average molecular weight is 416 g/mol. The summed E-state index contributed by atoms with van der Waals surface area (Å²) in [5.74, 6) is -0.344. The molecule has 0 bridgehead atoms. The number of pyridine rings is 1. The van der Waals surface area contributed by atoms with Gasteiger partial charge in [0.15, 0.2) is 0 Å². The molecule has 1 atom stereocenters. The van der Waals surface area contributed by atoms with Crippen LogP contribution in [0.5, 0.6) is 5.75 Å². The average Bonchev–Trinajstić information content (AvgIpc) is 3.41. The number of rotatable bonds is 4. The minimum atomic E-state index is -0.821. The van der Waals surface area contributed by atoms with Crippen LogP contribution in [0, 0.1) is 0 Å². The first-order chi connectivity index (χ1) is 15.1. The van der Waals surface area contributed by atoms with Crippen LogP contribution >= 0.6 is 0 Å². The molecular formula is C24H20N2O5. The van der Waals surface area contributed by atoms with Gasteiger partial charge in [0, 0.05) is 11.8 Å². The second kappa shape index (κ2) is 7.75. The van der Waals surface area contributed by atoms with Gasteiger partial charge in [0.1, 0.15) is 23.3 Å². The Balaban J connectivity index is 1.63. The van der Waals surface area contributed by atoms with Crippen molar-refractivity contribution in [1.82, 2.24) is 9.88 Å². The van der Waals surface area contributed by atoms with Crippen LogP contribution in [0.4, 0.5) is 0 Å². The van der Waals surface area contributed by atoms with Gasteiger partial charge in [0.25, 0.3) is 11.7 Å². The number of aliphatic hydroxyl groups is 1. The Morgan fingerprint density at radius 2 is 2.06 bits per heavy atom. The molecule has 156 valence electrons. The number of ether oxygens (including phenoxy) is 1. The fourth-order valence-electron chi connectivity index (χ4n) is 4.12. The number of aliphatic hydroxyl groups excluding tert-OH is 1. The molecule has 5 rings (SSSR count). The molecule has 2 aromatic heterocycles. The monoisotopic (exact) mass is 416 g/mol. The van der Waals surface area contributed by atoms with E-state index in [0.717, 1.165) is 24.2 Å². The van der Waals surface area contributed by atoms with Gasteiger partial charge in [-0.05, 0) is 60.9 Å². The van der Waals surface area contributed by atoms with Crippen LogP contribution in [0.25, 0.3) is 5.76 Å². The largest absolute Gasteiger partial charge is 0.507 e. The number of benzene rings is 1. The number of carbonyl (C=O) groups excluding carboxylic acids is 2. The van der Waals surface area contributed by atoms with E-state index < -0.39 is 17.7 Å². The second-order valence-corrected chi connectivity index (χ2v) is 7.54. The van der Waals surface area contributed by atoms with E-state index in [1.165, 1.54) is 11.2 Å². The Morgan fingerprint density at radius 3 is 2.84 bits per heavy atom. The highest BCUT2D eigenvalue weighted by Gasteiger charge is 2.47. The first-order valence-electron chi connectivity index (χ1n) is 10.1. The summed E-state index contributed by atoms with van der Waals surface area (Å²) in [6.07, 6.45) is 4.82. The normalized spacial score (nSPS) is 19.9. The number of likely N-dealkylation sites (tertiary alicyclic amines) is 1. The van der Waals surface area contributed by atoms with Gasteiger partial charge in [-0.2, -0.15) is 0 Å². The Labute approximate surface area is 178 Å². The molecule has 4 heterocycles. The summed E-state index contributed by atoms with van der Waals surface area (Å²) >= 11 is 0. The molecule has 1 N–H and O–H groups in total. The summed E-state index contributed by atoms with van der Waals surface area (Å²) in [6, 6.07) is 13.2.